The molecule has 2 fully saturated rings. The average Bonchev–Trinajstić information content (AvgIpc) is 2.69. The molecule has 0 spiro atoms. The van der Waals surface area contributed by atoms with Crippen LogP contribution in [0.15, 0.2) is 0 Å². The number of aliphatic hydroxyl groups is 3. The number of hydrogen-bond donors (Lipinski definition) is 5. The highest BCUT2D eigenvalue weighted by atomic mass is 16.7. The fourth-order valence-electron chi connectivity index (χ4n) is 4.58. The molecule has 0 bridgehead atoms. The number of alkyl carbamates (subject to hydrolysis) is 1. The van der Waals surface area contributed by atoms with E-state index >= 15 is 0 Å². The van der Waals surface area contributed by atoms with Gasteiger partial charge in [0, 0.05) is 13.1 Å². The Morgan fingerprint density at radius 1 is 1.08 bits per heavy atom. The molecule has 0 radical (unpaired) electrons. The maximum atomic E-state index is 12.7. The molecule has 0 aromatic heterocycles. The van der Waals surface area contributed by atoms with E-state index in [2.05, 4.69) is 10.6 Å². The lowest BCUT2D eigenvalue weighted by molar-refractivity contribution is -0.301. The van der Waals surface area contributed by atoms with Crippen LogP contribution in [0.5, 0.6) is 0 Å². The predicted molar refractivity (Wildman–Crippen MR) is 130 cm³/mol. The predicted octanol–water partition coefficient (Wildman–Crippen LogP) is 0.238. The Balaban J connectivity index is 2.15. The number of rotatable bonds is 6. The van der Waals surface area contributed by atoms with Gasteiger partial charge in [-0.15, -0.1) is 0 Å². The van der Waals surface area contributed by atoms with E-state index < -0.39 is 71.7 Å². The number of amides is 3. The van der Waals surface area contributed by atoms with E-state index in [9.17, 15) is 29.7 Å². The molecule has 1 heterocycles. The van der Waals surface area contributed by atoms with Crippen LogP contribution in [0.2, 0.25) is 0 Å². The summed E-state index contributed by atoms with van der Waals surface area (Å²) in [5, 5.41) is 38.1. The van der Waals surface area contributed by atoms with Crippen LogP contribution in [0.1, 0.15) is 61.3 Å². The molecule has 1 saturated heterocycles. The van der Waals surface area contributed by atoms with E-state index in [0.29, 0.717) is 6.41 Å². The standard InChI is InChI=1S/C24H43N3O10/c1-22(2,3)36-20(31)26-13-9-14(25-12-28)17(15(29)10-13)35-19-16(30)18(24(7,33)11-34-19)27(8)21(32)37-23(4,5)6/h12-19,29-30,33H,9-11H2,1-8H3,(H,25,28)(H,26,31). The van der Waals surface area contributed by atoms with Gasteiger partial charge >= 0.3 is 12.2 Å². The maximum absolute atomic E-state index is 12.7. The van der Waals surface area contributed by atoms with Gasteiger partial charge in [0.05, 0.1) is 24.8 Å². The molecule has 5 N–H and O–H groups in total. The third-order valence-electron chi connectivity index (χ3n) is 6.01. The molecule has 2 aliphatic rings. The van der Waals surface area contributed by atoms with Gasteiger partial charge in [-0.25, -0.2) is 9.59 Å². The number of nitrogens with zero attached hydrogens (tertiary/aromatic N) is 1. The van der Waals surface area contributed by atoms with E-state index in [-0.39, 0.29) is 19.4 Å². The minimum absolute atomic E-state index is 0.0860. The molecule has 1 aliphatic carbocycles. The van der Waals surface area contributed by atoms with Crippen molar-refractivity contribution in [3.8, 4) is 0 Å². The van der Waals surface area contributed by atoms with E-state index in [1.807, 2.05) is 0 Å². The summed E-state index contributed by atoms with van der Waals surface area (Å²) in [6.07, 6.45) is -5.72. The maximum Gasteiger partial charge on any atom is 0.410 e. The van der Waals surface area contributed by atoms with Crippen LogP contribution in [0, 0.1) is 0 Å². The van der Waals surface area contributed by atoms with Crippen LogP contribution in [-0.4, -0.2) is 112 Å². The second-order valence-electron chi connectivity index (χ2n) is 11.9. The molecule has 8 unspecified atom stereocenters. The zero-order valence-corrected chi connectivity index (χ0v) is 22.9. The first-order valence-corrected chi connectivity index (χ1v) is 12.3. The van der Waals surface area contributed by atoms with Crippen molar-refractivity contribution in [3.63, 3.8) is 0 Å². The number of nitrogens with one attached hydrogen (secondary N) is 2. The largest absolute Gasteiger partial charge is 0.444 e. The van der Waals surface area contributed by atoms with Gasteiger partial charge in [-0.05, 0) is 61.3 Å². The van der Waals surface area contributed by atoms with E-state index in [1.54, 1.807) is 41.5 Å². The first-order chi connectivity index (χ1) is 16.8. The summed E-state index contributed by atoms with van der Waals surface area (Å²) in [7, 11) is 1.39. The van der Waals surface area contributed by atoms with Gasteiger partial charge in [0.2, 0.25) is 6.41 Å². The molecule has 1 aliphatic heterocycles. The van der Waals surface area contributed by atoms with Gasteiger partial charge in [0.15, 0.2) is 6.29 Å². The normalized spacial score (nSPS) is 34.7. The monoisotopic (exact) mass is 533 g/mol. The average molecular weight is 534 g/mol. The Bertz CT molecular complexity index is 810. The second kappa shape index (κ2) is 11.7. The van der Waals surface area contributed by atoms with Gasteiger partial charge in [-0.1, -0.05) is 0 Å². The summed E-state index contributed by atoms with van der Waals surface area (Å²) in [6, 6.07) is -2.44. The Kier molecular flexibility index (Phi) is 9.80. The number of likely N-dealkylation sites (N-methyl/N-ethyl adjacent to an activating group) is 1. The van der Waals surface area contributed by atoms with E-state index in [1.165, 1.54) is 14.0 Å². The van der Waals surface area contributed by atoms with Gasteiger partial charge in [-0.3, -0.25) is 4.79 Å². The SMILES string of the molecule is CN(C(=O)OC(C)(C)C)C1C(O)C(OC2C(O)CC(NC(=O)OC(C)(C)C)CC2NC=O)OCC1(C)O. The number of ether oxygens (including phenoxy) is 4. The summed E-state index contributed by atoms with van der Waals surface area (Å²) in [4.78, 5) is 37.2. The van der Waals surface area contributed by atoms with Crippen LogP contribution in [0.4, 0.5) is 9.59 Å². The van der Waals surface area contributed by atoms with Crippen LogP contribution in [-0.2, 0) is 23.7 Å². The summed E-state index contributed by atoms with van der Waals surface area (Å²) >= 11 is 0. The summed E-state index contributed by atoms with van der Waals surface area (Å²) in [6.45, 7) is 11.4. The first kappa shape index (κ1) is 31.0. The smallest absolute Gasteiger partial charge is 0.410 e. The molecule has 0 aromatic carbocycles. The minimum Gasteiger partial charge on any atom is -0.444 e. The number of aliphatic hydroxyl groups excluding tert-OH is 2. The highest BCUT2D eigenvalue weighted by molar-refractivity contribution is 5.68. The number of carbonyl (C=O) groups is 3. The Hall–Kier alpha value is -2.19. The Morgan fingerprint density at radius 3 is 2.22 bits per heavy atom. The van der Waals surface area contributed by atoms with Crippen molar-refractivity contribution in [3.05, 3.63) is 0 Å². The zero-order valence-electron chi connectivity index (χ0n) is 22.9. The molecule has 214 valence electrons. The van der Waals surface area contributed by atoms with Crippen molar-refractivity contribution in [2.45, 2.75) is 121 Å². The Morgan fingerprint density at radius 2 is 1.68 bits per heavy atom. The second-order valence-corrected chi connectivity index (χ2v) is 11.9. The molecule has 1 saturated carbocycles. The van der Waals surface area contributed by atoms with Crippen LogP contribution in [0.3, 0.4) is 0 Å². The first-order valence-electron chi connectivity index (χ1n) is 12.3. The highest BCUT2D eigenvalue weighted by Gasteiger charge is 2.52. The molecule has 3 amide bonds. The molecule has 2 rings (SSSR count). The molecule has 13 heteroatoms. The number of carbonyl (C=O) groups excluding carboxylic acids is 3. The summed E-state index contributed by atoms with van der Waals surface area (Å²) < 4.78 is 22.1. The summed E-state index contributed by atoms with van der Waals surface area (Å²) in [5.41, 5.74) is -3.14. The zero-order chi connectivity index (χ0) is 28.3. The molecule has 13 nitrogen and oxygen atoms in total. The van der Waals surface area contributed by atoms with Crippen LogP contribution < -0.4 is 10.6 Å². The lowest BCUT2D eigenvalue weighted by atomic mass is 9.85. The topological polar surface area (TPSA) is 176 Å². The molecule has 8 atom stereocenters. The van der Waals surface area contributed by atoms with Gasteiger partial charge in [0.25, 0.3) is 0 Å². The fraction of sp³-hybridized carbons (Fsp3) is 0.875. The third kappa shape index (κ3) is 8.67. The van der Waals surface area contributed by atoms with E-state index in [0.717, 1.165) is 4.90 Å². The molecule has 0 aromatic rings. The van der Waals surface area contributed by atoms with Crippen molar-refractivity contribution in [2.75, 3.05) is 13.7 Å². The van der Waals surface area contributed by atoms with Crippen molar-refractivity contribution < 1.29 is 48.7 Å². The lowest BCUT2D eigenvalue weighted by Gasteiger charge is -2.49. The van der Waals surface area contributed by atoms with Gasteiger partial charge in [0.1, 0.15) is 29.0 Å². The van der Waals surface area contributed by atoms with Crippen molar-refractivity contribution in [1.82, 2.24) is 15.5 Å². The quantitative estimate of drug-likeness (QED) is 0.297. The fourth-order valence-corrected chi connectivity index (χ4v) is 4.58. The minimum atomic E-state index is -1.64. The molecule has 37 heavy (non-hydrogen) atoms. The van der Waals surface area contributed by atoms with E-state index in [4.69, 9.17) is 18.9 Å². The van der Waals surface area contributed by atoms with Crippen molar-refractivity contribution in [2.24, 2.45) is 0 Å². The number of hydrogen-bond acceptors (Lipinski definition) is 10. The van der Waals surface area contributed by atoms with Crippen molar-refractivity contribution in [1.29, 1.82) is 0 Å². The lowest BCUT2D eigenvalue weighted by Crippen LogP contribution is -2.68. The Labute approximate surface area is 217 Å². The molecular weight excluding hydrogens is 490 g/mol. The van der Waals surface area contributed by atoms with Crippen LogP contribution in [0.25, 0.3) is 0 Å². The third-order valence-corrected chi connectivity index (χ3v) is 6.01. The summed E-state index contributed by atoms with van der Waals surface area (Å²) in [5.74, 6) is 0. The molecular formula is C24H43N3O10. The highest BCUT2D eigenvalue weighted by Crippen LogP contribution is 2.32. The van der Waals surface area contributed by atoms with Gasteiger partial charge < -0.3 is 49.8 Å². The van der Waals surface area contributed by atoms with Gasteiger partial charge in [-0.2, -0.15) is 0 Å². The van der Waals surface area contributed by atoms with Crippen molar-refractivity contribution >= 4 is 18.6 Å². The van der Waals surface area contributed by atoms with Crippen LogP contribution >= 0.6 is 0 Å².